The lowest BCUT2D eigenvalue weighted by Gasteiger charge is -2.27. The van der Waals surface area contributed by atoms with E-state index in [1.807, 2.05) is 18.2 Å². The maximum Gasteiger partial charge on any atom is 0.161 e. The molecule has 0 spiro atoms. The smallest absolute Gasteiger partial charge is 0.161 e. The molecule has 2 unspecified atom stereocenters. The Morgan fingerprint density at radius 1 is 1.17 bits per heavy atom. The Hall–Kier alpha value is -1.55. The van der Waals surface area contributed by atoms with Crippen LogP contribution in [0.25, 0.3) is 0 Å². The van der Waals surface area contributed by atoms with Gasteiger partial charge < -0.3 is 14.6 Å². The van der Waals surface area contributed by atoms with Gasteiger partial charge in [0.1, 0.15) is 5.78 Å². The molecular weight excluding hydrogens is 292 g/mol. The maximum absolute atomic E-state index is 12.3. The summed E-state index contributed by atoms with van der Waals surface area (Å²) in [5.41, 5.74) is 0.988. The minimum Gasteiger partial charge on any atom is -0.493 e. The number of aliphatic hydroxyl groups is 1. The fourth-order valence-corrected chi connectivity index (χ4v) is 3.78. The van der Waals surface area contributed by atoms with E-state index in [2.05, 4.69) is 0 Å². The molecule has 0 bridgehead atoms. The molecule has 4 heteroatoms. The van der Waals surface area contributed by atoms with Crippen molar-refractivity contribution in [1.82, 2.24) is 0 Å². The van der Waals surface area contributed by atoms with Crippen LogP contribution in [0.5, 0.6) is 11.5 Å². The van der Waals surface area contributed by atoms with Crippen LogP contribution in [-0.2, 0) is 4.79 Å². The van der Waals surface area contributed by atoms with Gasteiger partial charge in [-0.1, -0.05) is 6.07 Å². The zero-order valence-corrected chi connectivity index (χ0v) is 13.8. The standard InChI is InChI=1S/C19H26O4/c1-22-18-9-7-14(11-19(18)23-15-4-2-3-5-15)16-10-13(12-20)6-8-17(16)21/h7,9,11,13,15-16,20H,2-6,8,10,12H2,1H3. The Kier molecular flexibility index (Phi) is 5.21. The molecule has 4 nitrogen and oxygen atoms in total. The zero-order valence-electron chi connectivity index (χ0n) is 13.8. The molecule has 0 radical (unpaired) electrons. The average Bonchev–Trinajstić information content (AvgIpc) is 3.08. The summed E-state index contributed by atoms with van der Waals surface area (Å²) in [6.07, 6.45) is 6.94. The van der Waals surface area contributed by atoms with Gasteiger partial charge in [0, 0.05) is 18.9 Å². The van der Waals surface area contributed by atoms with E-state index in [9.17, 15) is 9.90 Å². The Morgan fingerprint density at radius 3 is 2.65 bits per heavy atom. The van der Waals surface area contributed by atoms with Gasteiger partial charge in [0.2, 0.25) is 0 Å². The van der Waals surface area contributed by atoms with Crippen LogP contribution in [0.15, 0.2) is 18.2 Å². The third kappa shape index (κ3) is 3.69. The van der Waals surface area contributed by atoms with Crippen LogP contribution < -0.4 is 9.47 Å². The molecule has 2 aliphatic carbocycles. The van der Waals surface area contributed by atoms with Crippen molar-refractivity contribution in [3.63, 3.8) is 0 Å². The number of hydrogen-bond donors (Lipinski definition) is 1. The van der Waals surface area contributed by atoms with E-state index >= 15 is 0 Å². The third-order valence-electron chi connectivity index (χ3n) is 5.20. The summed E-state index contributed by atoms with van der Waals surface area (Å²) in [4.78, 5) is 12.3. The Labute approximate surface area is 137 Å². The van der Waals surface area contributed by atoms with Gasteiger partial charge in [0.25, 0.3) is 0 Å². The molecule has 0 heterocycles. The number of ketones is 1. The molecule has 2 fully saturated rings. The molecule has 2 saturated carbocycles. The first-order valence-electron chi connectivity index (χ1n) is 8.69. The number of Topliss-reactive ketones (excluding diaryl/α,β-unsaturated/α-hetero) is 1. The normalized spacial score (nSPS) is 25.6. The summed E-state index contributed by atoms with van der Waals surface area (Å²) in [7, 11) is 1.64. The van der Waals surface area contributed by atoms with Crippen LogP contribution in [-0.4, -0.2) is 30.7 Å². The fourth-order valence-electron chi connectivity index (χ4n) is 3.78. The number of carbonyl (C=O) groups is 1. The Balaban J connectivity index is 1.82. The van der Waals surface area contributed by atoms with E-state index in [0.717, 1.165) is 42.7 Å². The quantitative estimate of drug-likeness (QED) is 0.903. The summed E-state index contributed by atoms with van der Waals surface area (Å²) < 4.78 is 11.5. The third-order valence-corrected chi connectivity index (χ3v) is 5.20. The van der Waals surface area contributed by atoms with Crippen molar-refractivity contribution >= 4 is 5.78 Å². The molecular formula is C19H26O4. The van der Waals surface area contributed by atoms with Crippen LogP contribution in [0.3, 0.4) is 0 Å². The summed E-state index contributed by atoms with van der Waals surface area (Å²) in [5, 5.41) is 9.41. The van der Waals surface area contributed by atoms with Gasteiger partial charge in [-0.2, -0.15) is 0 Å². The lowest BCUT2D eigenvalue weighted by molar-refractivity contribution is -0.123. The van der Waals surface area contributed by atoms with Crippen molar-refractivity contribution < 1.29 is 19.4 Å². The van der Waals surface area contributed by atoms with Gasteiger partial charge in [-0.25, -0.2) is 0 Å². The van der Waals surface area contributed by atoms with Crippen molar-refractivity contribution in [1.29, 1.82) is 0 Å². The summed E-state index contributed by atoms with van der Waals surface area (Å²) >= 11 is 0. The summed E-state index contributed by atoms with van der Waals surface area (Å²) in [5.74, 6) is 1.84. The predicted octanol–water partition coefficient (Wildman–Crippen LogP) is 3.46. The maximum atomic E-state index is 12.3. The molecule has 3 rings (SSSR count). The number of methoxy groups -OCH3 is 1. The van der Waals surface area contributed by atoms with Crippen LogP contribution in [0.1, 0.15) is 56.4 Å². The molecule has 1 aromatic rings. The molecule has 2 atom stereocenters. The van der Waals surface area contributed by atoms with Crippen LogP contribution in [0.4, 0.5) is 0 Å². The first kappa shape index (κ1) is 16.3. The van der Waals surface area contributed by atoms with Gasteiger partial charge in [-0.15, -0.1) is 0 Å². The fraction of sp³-hybridized carbons (Fsp3) is 0.632. The van der Waals surface area contributed by atoms with Crippen LogP contribution >= 0.6 is 0 Å². The number of ether oxygens (including phenoxy) is 2. The van der Waals surface area contributed by atoms with Gasteiger partial charge in [-0.3, -0.25) is 4.79 Å². The lowest BCUT2D eigenvalue weighted by atomic mass is 9.77. The predicted molar refractivity (Wildman–Crippen MR) is 88.1 cm³/mol. The van der Waals surface area contributed by atoms with E-state index in [1.54, 1.807) is 7.11 Å². The van der Waals surface area contributed by atoms with Gasteiger partial charge >= 0.3 is 0 Å². The zero-order chi connectivity index (χ0) is 16.2. The second-order valence-corrected chi connectivity index (χ2v) is 6.78. The summed E-state index contributed by atoms with van der Waals surface area (Å²) in [6, 6.07) is 5.83. The minimum absolute atomic E-state index is 0.127. The molecule has 0 aliphatic heterocycles. The van der Waals surface area contributed by atoms with Gasteiger partial charge in [-0.05, 0) is 62.1 Å². The number of benzene rings is 1. The second kappa shape index (κ2) is 7.35. The number of carbonyl (C=O) groups excluding carboxylic acids is 1. The first-order valence-corrected chi connectivity index (χ1v) is 8.69. The van der Waals surface area contributed by atoms with Crippen molar-refractivity contribution in [3.8, 4) is 11.5 Å². The molecule has 1 N–H and O–H groups in total. The van der Waals surface area contributed by atoms with E-state index in [0.29, 0.717) is 6.42 Å². The monoisotopic (exact) mass is 318 g/mol. The molecule has 0 saturated heterocycles. The van der Waals surface area contributed by atoms with Gasteiger partial charge in [0.15, 0.2) is 11.5 Å². The lowest BCUT2D eigenvalue weighted by Crippen LogP contribution is -2.25. The van der Waals surface area contributed by atoms with Crippen LogP contribution in [0.2, 0.25) is 0 Å². The molecule has 1 aromatic carbocycles. The second-order valence-electron chi connectivity index (χ2n) is 6.78. The molecule has 2 aliphatic rings. The molecule has 23 heavy (non-hydrogen) atoms. The minimum atomic E-state index is -0.127. The van der Waals surface area contributed by atoms with E-state index < -0.39 is 0 Å². The van der Waals surface area contributed by atoms with Crippen molar-refractivity contribution in [2.75, 3.05) is 13.7 Å². The number of aliphatic hydroxyl groups excluding tert-OH is 1. The highest BCUT2D eigenvalue weighted by Gasteiger charge is 2.30. The molecule has 0 amide bonds. The SMILES string of the molecule is COc1ccc(C2CC(CO)CCC2=O)cc1OC1CCCC1. The molecule has 0 aromatic heterocycles. The summed E-state index contributed by atoms with van der Waals surface area (Å²) in [6.45, 7) is 0.158. The Morgan fingerprint density at radius 2 is 1.96 bits per heavy atom. The highest BCUT2D eigenvalue weighted by Crippen LogP contribution is 2.38. The Bertz CT molecular complexity index is 548. The van der Waals surface area contributed by atoms with Crippen LogP contribution in [0, 0.1) is 5.92 Å². The van der Waals surface area contributed by atoms with Crippen molar-refractivity contribution in [2.45, 2.75) is 57.0 Å². The van der Waals surface area contributed by atoms with E-state index in [-0.39, 0.29) is 30.3 Å². The number of hydrogen-bond acceptors (Lipinski definition) is 4. The van der Waals surface area contributed by atoms with E-state index in [1.165, 1.54) is 12.8 Å². The average molecular weight is 318 g/mol. The van der Waals surface area contributed by atoms with Crippen molar-refractivity contribution in [3.05, 3.63) is 23.8 Å². The molecule has 126 valence electrons. The highest BCUT2D eigenvalue weighted by molar-refractivity contribution is 5.86. The van der Waals surface area contributed by atoms with E-state index in [4.69, 9.17) is 9.47 Å². The van der Waals surface area contributed by atoms with Gasteiger partial charge in [0.05, 0.1) is 13.2 Å². The highest BCUT2D eigenvalue weighted by atomic mass is 16.5. The largest absolute Gasteiger partial charge is 0.493 e. The topological polar surface area (TPSA) is 55.8 Å². The number of rotatable bonds is 5. The van der Waals surface area contributed by atoms with Crippen molar-refractivity contribution in [2.24, 2.45) is 5.92 Å². The first-order chi connectivity index (χ1) is 11.2.